The zero-order valence-corrected chi connectivity index (χ0v) is 15.6. The number of nitrogens with one attached hydrogen (secondary N) is 1. The summed E-state index contributed by atoms with van der Waals surface area (Å²) in [5.74, 6) is 0.812. The molecule has 0 heterocycles. The summed E-state index contributed by atoms with van der Waals surface area (Å²) >= 11 is 6.04. The van der Waals surface area contributed by atoms with Crippen molar-refractivity contribution in [1.82, 2.24) is 0 Å². The lowest BCUT2D eigenvalue weighted by atomic mass is 9.68. The molecule has 0 aliphatic heterocycles. The molecule has 1 aliphatic rings. The Morgan fingerprint density at radius 3 is 2.35 bits per heavy atom. The molecular formula is C22H24ClNO2. The Balaban J connectivity index is 1.79. The molecule has 0 spiro atoms. The van der Waals surface area contributed by atoms with Crippen LogP contribution in [0.1, 0.15) is 37.7 Å². The summed E-state index contributed by atoms with van der Waals surface area (Å²) in [6, 6.07) is 15.2. The van der Waals surface area contributed by atoms with Gasteiger partial charge in [0.05, 0.1) is 5.41 Å². The molecule has 0 unspecified atom stereocenters. The highest BCUT2D eigenvalue weighted by atomic mass is 35.5. The van der Waals surface area contributed by atoms with Gasteiger partial charge in [0.25, 0.3) is 0 Å². The molecule has 0 radical (unpaired) electrons. The van der Waals surface area contributed by atoms with Crippen LogP contribution in [0.4, 0.5) is 5.69 Å². The van der Waals surface area contributed by atoms with Crippen LogP contribution in [0.5, 0.6) is 5.75 Å². The molecule has 4 heteroatoms. The van der Waals surface area contributed by atoms with E-state index in [1.165, 1.54) is 6.42 Å². The van der Waals surface area contributed by atoms with Crippen LogP contribution in [0.25, 0.3) is 0 Å². The fourth-order valence-corrected chi connectivity index (χ4v) is 3.74. The Labute approximate surface area is 160 Å². The van der Waals surface area contributed by atoms with Crippen LogP contribution in [0.2, 0.25) is 5.02 Å². The Kier molecular flexibility index (Phi) is 6.00. The van der Waals surface area contributed by atoms with E-state index in [1.807, 2.05) is 48.5 Å². The van der Waals surface area contributed by atoms with E-state index in [-0.39, 0.29) is 5.91 Å². The van der Waals surface area contributed by atoms with Crippen LogP contribution < -0.4 is 10.1 Å². The van der Waals surface area contributed by atoms with Gasteiger partial charge in [0, 0.05) is 10.7 Å². The third-order valence-corrected chi connectivity index (χ3v) is 5.27. The topological polar surface area (TPSA) is 38.3 Å². The molecule has 2 aromatic rings. The van der Waals surface area contributed by atoms with Crippen molar-refractivity contribution in [3.8, 4) is 5.75 Å². The predicted octanol–water partition coefficient (Wildman–Crippen LogP) is 5.75. The van der Waals surface area contributed by atoms with Gasteiger partial charge < -0.3 is 10.1 Å². The maximum absolute atomic E-state index is 13.2. The molecule has 0 bridgehead atoms. The fourth-order valence-electron chi connectivity index (χ4n) is 3.61. The third kappa shape index (κ3) is 4.10. The van der Waals surface area contributed by atoms with Crippen molar-refractivity contribution in [1.29, 1.82) is 0 Å². The number of amides is 1. The molecule has 26 heavy (non-hydrogen) atoms. The van der Waals surface area contributed by atoms with Crippen molar-refractivity contribution in [2.24, 2.45) is 0 Å². The number of hydrogen-bond donors (Lipinski definition) is 1. The summed E-state index contributed by atoms with van der Waals surface area (Å²) in [5.41, 5.74) is 1.34. The van der Waals surface area contributed by atoms with E-state index in [9.17, 15) is 4.79 Å². The number of ether oxygens (including phenoxy) is 1. The number of halogens is 1. The van der Waals surface area contributed by atoms with E-state index in [4.69, 9.17) is 16.3 Å². The maximum atomic E-state index is 13.2. The van der Waals surface area contributed by atoms with Crippen molar-refractivity contribution in [2.45, 2.75) is 37.5 Å². The summed E-state index contributed by atoms with van der Waals surface area (Å²) in [6.07, 6.45) is 6.73. The number of anilines is 1. The predicted molar refractivity (Wildman–Crippen MR) is 107 cm³/mol. The minimum Gasteiger partial charge on any atom is -0.490 e. The third-order valence-electron chi connectivity index (χ3n) is 5.02. The summed E-state index contributed by atoms with van der Waals surface area (Å²) in [6.45, 7) is 4.10. The van der Waals surface area contributed by atoms with Crippen molar-refractivity contribution >= 4 is 23.2 Å². The monoisotopic (exact) mass is 369 g/mol. The van der Waals surface area contributed by atoms with Gasteiger partial charge in [-0.25, -0.2) is 0 Å². The second-order valence-electron chi connectivity index (χ2n) is 6.73. The standard InChI is InChI=1S/C22H24ClNO2/c1-2-16-26-20-12-10-19(11-13-20)24-21(25)22(14-4-3-5-15-22)17-6-8-18(23)9-7-17/h2,6-13H,1,3-5,14-16H2,(H,24,25). The van der Waals surface area contributed by atoms with Crippen molar-refractivity contribution < 1.29 is 9.53 Å². The van der Waals surface area contributed by atoms with Gasteiger partial charge in [-0.3, -0.25) is 4.79 Å². The van der Waals surface area contributed by atoms with Crippen LogP contribution in [-0.2, 0) is 10.2 Å². The first-order valence-corrected chi connectivity index (χ1v) is 9.43. The summed E-state index contributed by atoms with van der Waals surface area (Å²) < 4.78 is 5.49. The average molecular weight is 370 g/mol. The second kappa shape index (κ2) is 8.41. The number of benzene rings is 2. The molecule has 1 N–H and O–H groups in total. The Morgan fingerprint density at radius 2 is 1.73 bits per heavy atom. The number of carbonyl (C=O) groups excluding carboxylic acids is 1. The second-order valence-corrected chi connectivity index (χ2v) is 7.16. The van der Waals surface area contributed by atoms with E-state index >= 15 is 0 Å². The molecule has 1 saturated carbocycles. The zero-order chi connectivity index (χ0) is 18.4. The minimum atomic E-state index is -0.485. The molecule has 0 aromatic heterocycles. The van der Waals surface area contributed by atoms with Crippen molar-refractivity contribution in [3.63, 3.8) is 0 Å². The smallest absolute Gasteiger partial charge is 0.235 e. The molecular weight excluding hydrogens is 346 g/mol. The molecule has 3 nitrogen and oxygen atoms in total. The molecule has 0 saturated heterocycles. The summed E-state index contributed by atoms with van der Waals surface area (Å²) in [4.78, 5) is 13.2. The van der Waals surface area contributed by atoms with Crippen LogP contribution in [-0.4, -0.2) is 12.5 Å². The highest BCUT2D eigenvalue weighted by Gasteiger charge is 2.41. The van der Waals surface area contributed by atoms with Gasteiger partial charge in [-0.05, 0) is 54.8 Å². The molecule has 3 rings (SSSR count). The molecule has 2 aromatic carbocycles. The number of hydrogen-bond acceptors (Lipinski definition) is 2. The number of rotatable bonds is 6. The first-order valence-electron chi connectivity index (χ1n) is 9.05. The van der Waals surface area contributed by atoms with Crippen LogP contribution in [0, 0.1) is 0 Å². The molecule has 1 fully saturated rings. The van der Waals surface area contributed by atoms with Crippen molar-refractivity contribution in [2.75, 3.05) is 11.9 Å². The van der Waals surface area contributed by atoms with Crippen LogP contribution in [0.15, 0.2) is 61.2 Å². The SMILES string of the molecule is C=CCOc1ccc(NC(=O)C2(c3ccc(Cl)cc3)CCCCC2)cc1. The minimum absolute atomic E-state index is 0.0549. The van der Waals surface area contributed by atoms with Crippen LogP contribution >= 0.6 is 11.6 Å². The molecule has 1 aliphatic carbocycles. The Morgan fingerprint density at radius 1 is 1.08 bits per heavy atom. The van der Waals surface area contributed by atoms with Crippen molar-refractivity contribution in [3.05, 3.63) is 71.8 Å². The van der Waals surface area contributed by atoms with Gasteiger partial charge in [0.15, 0.2) is 0 Å². The van der Waals surface area contributed by atoms with E-state index in [1.54, 1.807) is 6.08 Å². The quantitative estimate of drug-likeness (QED) is 0.659. The zero-order valence-electron chi connectivity index (χ0n) is 14.8. The Hall–Kier alpha value is -2.26. The van der Waals surface area contributed by atoms with Gasteiger partial charge in [0.2, 0.25) is 5.91 Å². The molecule has 0 atom stereocenters. The maximum Gasteiger partial charge on any atom is 0.235 e. The molecule has 1 amide bonds. The summed E-state index contributed by atoms with van der Waals surface area (Å²) in [7, 11) is 0. The van der Waals surface area contributed by atoms with E-state index in [2.05, 4.69) is 11.9 Å². The highest BCUT2D eigenvalue weighted by molar-refractivity contribution is 6.30. The lowest BCUT2D eigenvalue weighted by Crippen LogP contribution is -2.42. The van der Waals surface area contributed by atoms with E-state index in [0.29, 0.717) is 11.6 Å². The van der Waals surface area contributed by atoms with Gasteiger partial charge in [-0.15, -0.1) is 0 Å². The van der Waals surface area contributed by atoms with Gasteiger partial charge >= 0.3 is 0 Å². The lowest BCUT2D eigenvalue weighted by molar-refractivity contribution is -0.122. The number of carbonyl (C=O) groups is 1. The average Bonchev–Trinajstić information content (AvgIpc) is 2.68. The molecule has 136 valence electrons. The lowest BCUT2D eigenvalue weighted by Gasteiger charge is -2.36. The van der Waals surface area contributed by atoms with E-state index in [0.717, 1.165) is 42.7 Å². The fraction of sp³-hybridized carbons (Fsp3) is 0.318. The first-order chi connectivity index (χ1) is 12.6. The van der Waals surface area contributed by atoms with Gasteiger partial charge in [-0.1, -0.05) is 55.7 Å². The Bertz CT molecular complexity index is 747. The van der Waals surface area contributed by atoms with Gasteiger partial charge in [-0.2, -0.15) is 0 Å². The normalized spacial score (nSPS) is 15.9. The largest absolute Gasteiger partial charge is 0.490 e. The highest BCUT2D eigenvalue weighted by Crippen LogP contribution is 2.41. The van der Waals surface area contributed by atoms with Crippen LogP contribution in [0.3, 0.4) is 0 Å². The van der Waals surface area contributed by atoms with E-state index < -0.39 is 5.41 Å². The summed E-state index contributed by atoms with van der Waals surface area (Å²) in [5, 5.41) is 3.79. The first kappa shape index (κ1) is 18.5. The van der Waals surface area contributed by atoms with Gasteiger partial charge in [0.1, 0.15) is 12.4 Å².